The van der Waals surface area contributed by atoms with Gasteiger partial charge in [0.25, 0.3) is 0 Å². The van der Waals surface area contributed by atoms with Gasteiger partial charge < -0.3 is 5.11 Å². The third-order valence-electron chi connectivity index (χ3n) is 3.64. The maximum Gasteiger partial charge on any atom is 0.417 e. The summed E-state index contributed by atoms with van der Waals surface area (Å²) in [6, 6.07) is 11.4. The first-order valence-corrected chi connectivity index (χ1v) is 7.23. The van der Waals surface area contributed by atoms with Gasteiger partial charge in [-0.3, -0.25) is 4.79 Å². The Kier molecular flexibility index (Phi) is 5.30. The van der Waals surface area contributed by atoms with Crippen molar-refractivity contribution < 1.29 is 23.1 Å². The molecule has 2 aromatic carbocycles. The molecule has 0 aliphatic rings. The summed E-state index contributed by atoms with van der Waals surface area (Å²) in [7, 11) is 0. The van der Waals surface area contributed by atoms with Crippen molar-refractivity contribution in [1.82, 2.24) is 0 Å². The highest BCUT2D eigenvalue weighted by atomic mass is 19.4. The average molecular weight is 332 g/mol. The van der Waals surface area contributed by atoms with Crippen LogP contribution in [0.25, 0.3) is 11.1 Å². The van der Waals surface area contributed by atoms with Crippen LogP contribution in [0.3, 0.4) is 0 Å². The van der Waals surface area contributed by atoms with E-state index in [2.05, 4.69) is 11.8 Å². The fourth-order valence-corrected chi connectivity index (χ4v) is 2.43. The molecule has 2 rings (SSSR count). The van der Waals surface area contributed by atoms with E-state index in [0.717, 1.165) is 6.07 Å². The van der Waals surface area contributed by atoms with Crippen LogP contribution < -0.4 is 0 Å². The third-order valence-corrected chi connectivity index (χ3v) is 3.64. The molecule has 0 aliphatic heterocycles. The number of rotatable bonds is 4. The molecule has 0 fully saturated rings. The van der Waals surface area contributed by atoms with E-state index in [-0.39, 0.29) is 12.0 Å². The third kappa shape index (κ3) is 3.96. The van der Waals surface area contributed by atoms with Crippen LogP contribution in [0.2, 0.25) is 0 Å². The number of carbonyl (C=O) groups is 1. The van der Waals surface area contributed by atoms with Crippen molar-refractivity contribution in [3.05, 3.63) is 59.7 Å². The van der Waals surface area contributed by atoms with Gasteiger partial charge in [-0.1, -0.05) is 42.5 Å². The van der Waals surface area contributed by atoms with Gasteiger partial charge in [0.05, 0.1) is 11.5 Å². The van der Waals surface area contributed by atoms with Crippen molar-refractivity contribution in [2.75, 3.05) is 0 Å². The summed E-state index contributed by atoms with van der Waals surface area (Å²) in [6.45, 7) is 1.62. The molecule has 0 amide bonds. The Bertz CT molecular complexity index is 781. The molecule has 1 N–H and O–H groups in total. The number of hydrogen-bond donors (Lipinski definition) is 1. The van der Waals surface area contributed by atoms with Crippen LogP contribution in [0.5, 0.6) is 0 Å². The van der Waals surface area contributed by atoms with Crippen LogP contribution in [0, 0.1) is 11.8 Å². The van der Waals surface area contributed by atoms with Gasteiger partial charge in [-0.25, -0.2) is 0 Å². The highest BCUT2D eigenvalue weighted by Gasteiger charge is 2.33. The molecular formula is C19H15F3O2. The summed E-state index contributed by atoms with van der Waals surface area (Å²) >= 11 is 0. The molecule has 0 saturated heterocycles. The molecule has 124 valence electrons. The summed E-state index contributed by atoms with van der Waals surface area (Å²) in [6.07, 6.45) is -4.29. The zero-order chi connectivity index (χ0) is 17.7. The van der Waals surface area contributed by atoms with E-state index >= 15 is 0 Å². The highest BCUT2D eigenvalue weighted by molar-refractivity contribution is 5.77. The normalized spacial score (nSPS) is 12.2. The van der Waals surface area contributed by atoms with Crippen LogP contribution in [0.1, 0.15) is 30.4 Å². The lowest BCUT2D eigenvalue weighted by Crippen LogP contribution is -2.11. The molecule has 0 heterocycles. The van der Waals surface area contributed by atoms with E-state index in [9.17, 15) is 23.1 Å². The van der Waals surface area contributed by atoms with Crippen molar-refractivity contribution in [3.8, 4) is 23.0 Å². The van der Waals surface area contributed by atoms with Gasteiger partial charge in [-0.05, 0) is 29.7 Å². The molecule has 0 bridgehead atoms. The van der Waals surface area contributed by atoms with Crippen LogP contribution in [-0.4, -0.2) is 11.1 Å². The van der Waals surface area contributed by atoms with E-state index in [0.29, 0.717) is 11.1 Å². The Morgan fingerprint density at radius 3 is 2.29 bits per heavy atom. The molecule has 0 saturated carbocycles. The number of benzene rings is 2. The number of alkyl halides is 3. The number of carboxylic acid groups (broad SMARTS) is 1. The maximum absolute atomic E-state index is 13.1. The molecule has 0 spiro atoms. The molecule has 0 radical (unpaired) electrons. The van der Waals surface area contributed by atoms with Crippen LogP contribution in [-0.2, 0) is 11.0 Å². The molecule has 0 aromatic heterocycles. The maximum atomic E-state index is 13.1. The largest absolute Gasteiger partial charge is 0.481 e. The number of carboxylic acids is 1. The minimum atomic E-state index is -4.45. The molecule has 1 atom stereocenters. The van der Waals surface area contributed by atoms with Gasteiger partial charge in [-0.2, -0.15) is 13.2 Å². The standard InChI is InChI=1S/C19H15F3O2/c1-2-3-6-16(18(23)24)14-11-9-13(10-12-14)15-7-4-5-8-17(15)19(20,21)22/h4-5,7-12,16H,6H2,1H3,(H,23,24). The lowest BCUT2D eigenvalue weighted by atomic mass is 9.92. The molecule has 2 nitrogen and oxygen atoms in total. The minimum absolute atomic E-state index is 0.0665. The van der Waals surface area contributed by atoms with Gasteiger partial charge in [0, 0.05) is 6.42 Å². The van der Waals surface area contributed by atoms with Gasteiger partial charge in [0.15, 0.2) is 0 Å². The highest BCUT2D eigenvalue weighted by Crippen LogP contribution is 2.37. The Balaban J connectivity index is 2.39. The van der Waals surface area contributed by atoms with E-state index in [4.69, 9.17) is 0 Å². The van der Waals surface area contributed by atoms with Gasteiger partial charge in [0.1, 0.15) is 0 Å². The second kappa shape index (κ2) is 7.22. The quantitative estimate of drug-likeness (QED) is 0.804. The zero-order valence-corrected chi connectivity index (χ0v) is 12.9. The van der Waals surface area contributed by atoms with Crippen molar-refractivity contribution in [3.63, 3.8) is 0 Å². The Morgan fingerprint density at radius 2 is 1.75 bits per heavy atom. The van der Waals surface area contributed by atoms with E-state index in [1.54, 1.807) is 19.1 Å². The van der Waals surface area contributed by atoms with Crippen LogP contribution in [0.15, 0.2) is 48.5 Å². The zero-order valence-electron chi connectivity index (χ0n) is 12.9. The summed E-state index contributed by atoms with van der Waals surface area (Å²) in [4.78, 5) is 11.3. The van der Waals surface area contributed by atoms with Crippen molar-refractivity contribution in [1.29, 1.82) is 0 Å². The van der Waals surface area contributed by atoms with Crippen molar-refractivity contribution >= 4 is 5.97 Å². The predicted octanol–water partition coefficient (Wildman–Crippen LogP) is 4.95. The second-order valence-corrected chi connectivity index (χ2v) is 5.19. The smallest absolute Gasteiger partial charge is 0.417 e. The predicted molar refractivity (Wildman–Crippen MR) is 85.3 cm³/mol. The molecule has 0 aliphatic carbocycles. The summed E-state index contributed by atoms with van der Waals surface area (Å²) in [5.41, 5.74) is 0.247. The van der Waals surface area contributed by atoms with E-state index in [1.807, 2.05) is 0 Å². The Labute approximate surface area is 137 Å². The summed E-state index contributed by atoms with van der Waals surface area (Å²) < 4.78 is 39.3. The molecule has 2 aromatic rings. The lowest BCUT2D eigenvalue weighted by molar-refractivity contribution is -0.139. The molecule has 5 heteroatoms. The van der Waals surface area contributed by atoms with Gasteiger partial charge in [0.2, 0.25) is 0 Å². The monoisotopic (exact) mass is 332 g/mol. The average Bonchev–Trinajstić information content (AvgIpc) is 2.55. The van der Waals surface area contributed by atoms with Crippen LogP contribution >= 0.6 is 0 Å². The number of aliphatic carboxylic acids is 1. The topological polar surface area (TPSA) is 37.3 Å². The van der Waals surface area contributed by atoms with Crippen LogP contribution in [0.4, 0.5) is 13.2 Å². The van der Waals surface area contributed by atoms with Gasteiger partial charge in [-0.15, -0.1) is 11.8 Å². The number of hydrogen-bond acceptors (Lipinski definition) is 1. The summed E-state index contributed by atoms with van der Waals surface area (Å²) in [5.74, 6) is 3.56. The van der Waals surface area contributed by atoms with Crippen molar-refractivity contribution in [2.45, 2.75) is 25.4 Å². The first kappa shape index (κ1) is 17.6. The lowest BCUT2D eigenvalue weighted by Gasteiger charge is -2.14. The summed E-state index contributed by atoms with van der Waals surface area (Å²) in [5, 5.41) is 9.27. The molecular weight excluding hydrogens is 317 g/mol. The fraction of sp³-hybridized carbons (Fsp3) is 0.211. The number of halogens is 3. The molecule has 24 heavy (non-hydrogen) atoms. The van der Waals surface area contributed by atoms with E-state index < -0.39 is 23.6 Å². The minimum Gasteiger partial charge on any atom is -0.481 e. The Morgan fingerprint density at radius 1 is 1.12 bits per heavy atom. The fourth-order valence-electron chi connectivity index (χ4n) is 2.43. The first-order valence-electron chi connectivity index (χ1n) is 7.23. The SMILES string of the molecule is CC#CCC(C(=O)O)c1ccc(-c2ccccc2C(F)(F)F)cc1. The van der Waals surface area contributed by atoms with Gasteiger partial charge >= 0.3 is 12.1 Å². The molecule has 1 unspecified atom stereocenters. The van der Waals surface area contributed by atoms with Crippen molar-refractivity contribution in [2.24, 2.45) is 0 Å². The second-order valence-electron chi connectivity index (χ2n) is 5.19. The Hall–Kier alpha value is -2.74. The van der Waals surface area contributed by atoms with E-state index in [1.165, 1.54) is 30.3 Å². The first-order chi connectivity index (χ1) is 11.3.